The average molecular weight is 251 g/mol. The Bertz CT molecular complexity index is 414. The number of carboxylic acid groups (broad SMARTS) is 1. The lowest BCUT2D eigenvalue weighted by Crippen LogP contribution is -2.41. The number of amides is 1. The van der Waals surface area contributed by atoms with Crippen molar-refractivity contribution in [3.8, 4) is 0 Å². The molecular weight excluding hydrogens is 234 g/mol. The third kappa shape index (κ3) is 3.85. The van der Waals surface area contributed by atoms with Crippen LogP contribution in [0.5, 0.6) is 0 Å². The van der Waals surface area contributed by atoms with Gasteiger partial charge in [-0.15, -0.1) is 0 Å². The molecule has 0 aliphatic rings. The minimum absolute atomic E-state index is 0.00584. The molecule has 1 amide bonds. The summed E-state index contributed by atoms with van der Waals surface area (Å²) in [4.78, 5) is 22.6. The van der Waals surface area contributed by atoms with Crippen LogP contribution in [0.2, 0.25) is 0 Å². The molecule has 0 spiro atoms. The molecule has 98 valence electrons. The van der Waals surface area contributed by atoms with Crippen molar-refractivity contribution in [2.24, 2.45) is 0 Å². The number of carbonyl (C=O) groups is 2. The molecule has 3 N–H and O–H groups in total. The highest BCUT2D eigenvalue weighted by atomic mass is 16.4. The number of aryl methyl sites for hydroxylation is 1. The van der Waals surface area contributed by atoms with Crippen LogP contribution >= 0.6 is 0 Å². The molecule has 0 radical (unpaired) electrons. The van der Waals surface area contributed by atoms with Crippen molar-refractivity contribution in [2.45, 2.75) is 25.8 Å². The smallest absolute Gasteiger partial charge is 0.326 e. The minimum atomic E-state index is -1.15. The van der Waals surface area contributed by atoms with E-state index in [1.807, 2.05) is 19.1 Å². The normalized spacial score (nSPS) is 11.9. The topological polar surface area (TPSA) is 86.6 Å². The summed E-state index contributed by atoms with van der Waals surface area (Å²) in [7, 11) is 0. The Morgan fingerprint density at radius 1 is 1.28 bits per heavy atom. The third-order valence-electron chi connectivity index (χ3n) is 2.65. The molecule has 0 aliphatic carbocycles. The second-order valence-electron chi connectivity index (χ2n) is 3.93. The SMILES string of the molecule is CCc1ccc(C(=O)NC(CCO)C(=O)O)cc1. The van der Waals surface area contributed by atoms with Gasteiger partial charge in [-0.2, -0.15) is 0 Å². The first-order chi connectivity index (χ1) is 8.58. The molecule has 0 bridgehead atoms. The number of aliphatic hydroxyl groups is 1. The fraction of sp³-hybridized carbons (Fsp3) is 0.385. The van der Waals surface area contributed by atoms with Gasteiger partial charge in [-0.1, -0.05) is 19.1 Å². The molecule has 1 unspecified atom stereocenters. The summed E-state index contributed by atoms with van der Waals surface area (Å²) < 4.78 is 0. The quantitative estimate of drug-likeness (QED) is 0.698. The van der Waals surface area contributed by atoms with Crippen molar-refractivity contribution in [3.63, 3.8) is 0 Å². The van der Waals surface area contributed by atoms with Crippen LogP contribution in [0.1, 0.15) is 29.3 Å². The van der Waals surface area contributed by atoms with E-state index in [1.54, 1.807) is 12.1 Å². The molecule has 1 atom stereocenters. The first-order valence-electron chi connectivity index (χ1n) is 5.82. The van der Waals surface area contributed by atoms with Gasteiger partial charge in [0.2, 0.25) is 0 Å². The molecule has 1 aromatic carbocycles. The summed E-state index contributed by atoms with van der Waals surface area (Å²) in [5.41, 5.74) is 1.52. The van der Waals surface area contributed by atoms with E-state index >= 15 is 0 Å². The summed E-state index contributed by atoms with van der Waals surface area (Å²) in [5, 5.41) is 20.0. The van der Waals surface area contributed by atoms with Gasteiger partial charge in [-0.25, -0.2) is 4.79 Å². The van der Waals surface area contributed by atoms with E-state index in [0.29, 0.717) is 5.56 Å². The predicted octanol–water partition coefficient (Wildman–Crippen LogP) is 0.814. The molecule has 5 nitrogen and oxygen atoms in total. The monoisotopic (exact) mass is 251 g/mol. The van der Waals surface area contributed by atoms with Crippen LogP contribution in [0.15, 0.2) is 24.3 Å². The lowest BCUT2D eigenvalue weighted by molar-refractivity contribution is -0.139. The Balaban J connectivity index is 2.70. The van der Waals surface area contributed by atoms with Gasteiger partial charge in [0.15, 0.2) is 0 Å². The number of benzene rings is 1. The number of hydrogen-bond donors (Lipinski definition) is 3. The van der Waals surface area contributed by atoms with Crippen molar-refractivity contribution >= 4 is 11.9 Å². The van der Waals surface area contributed by atoms with E-state index in [-0.39, 0.29) is 13.0 Å². The molecular formula is C13H17NO4. The summed E-state index contributed by atoms with van der Waals surface area (Å²) >= 11 is 0. The Morgan fingerprint density at radius 2 is 1.89 bits per heavy atom. The van der Waals surface area contributed by atoms with Gasteiger partial charge in [0.05, 0.1) is 0 Å². The molecule has 18 heavy (non-hydrogen) atoms. The van der Waals surface area contributed by atoms with Gasteiger partial charge in [0.25, 0.3) is 5.91 Å². The standard InChI is InChI=1S/C13H17NO4/c1-2-9-3-5-10(6-4-9)12(16)14-11(7-8-15)13(17)18/h3-6,11,15H,2,7-8H2,1H3,(H,14,16)(H,17,18). The highest BCUT2D eigenvalue weighted by Gasteiger charge is 2.19. The van der Waals surface area contributed by atoms with E-state index in [0.717, 1.165) is 12.0 Å². The molecule has 0 heterocycles. The van der Waals surface area contributed by atoms with Crippen molar-refractivity contribution in [3.05, 3.63) is 35.4 Å². The zero-order chi connectivity index (χ0) is 13.5. The first-order valence-corrected chi connectivity index (χ1v) is 5.82. The zero-order valence-corrected chi connectivity index (χ0v) is 10.2. The number of carboxylic acids is 1. The van der Waals surface area contributed by atoms with Crippen LogP contribution in [-0.4, -0.2) is 34.7 Å². The van der Waals surface area contributed by atoms with Crippen LogP contribution in [0, 0.1) is 0 Å². The Morgan fingerprint density at radius 3 is 2.33 bits per heavy atom. The number of aliphatic hydroxyl groups excluding tert-OH is 1. The Hall–Kier alpha value is -1.88. The van der Waals surface area contributed by atoms with Crippen LogP contribution in [-0.2, 0) is 11.2 Å². The molecule has 0 fully saturated rings. The lowest BCUT2D eigenvalue weighted by Gasteiger charge is -2.13. The van der Waals surface area contributed by atoms with E-state index in [4.69, 9.17) is 10.2 Å². The van der Waals surface area contributed by atoms with Gasteiger partial charge in [0.1, 0.15) is 6.04 Å². The molecule has 0 saturated carbocycles. The van der Waals surface area contributed by atoms with Crippen molar-refractivity contribution in [1.29, 1.82) is 0 Å². The summed E-state index contributed by atoms with van der Waals surface area (Å²) in [6.45, 7) is 1.73. The number of aliphatic carboxylic acids is 1. The van der Waals surface area contributed by atoms with Crippen molar-refractivity contribution in [1.82, 2.24) is 5.32 Å². The fourth-order valence-corrected chi connectivity index (χ4v) is 1.52. The predicted molar refractivity (Wildman–Crippen MR) is 66.4 cm³/mol. The van der Waals surface area contributed by atoms with Crippen LogP contribution in [0.4, 0.5) is 0 Å². The minimum Gasteiger partial charge on any atom is -0.480 e. The Kier molecular flexibility index (Phi) is 5.32. The summed E-state index contributed by atoms with van der Waals surface area (Å²) in [6.07, 6.45) is 0.873. The Labute approximate surface area is 105 Å². The van der Waals surface area contributed by atoms with Gasteiger partial charge in [-0.05, 0) is 24.1 Å². The first kappa shape index (κ1) is 14.2. The van der Waals surface area contributed by atoms with Gasteiger partial charge < -0.3 is 15.5 Å². The second-order valence-corrected chi connectivity index (χ2v) is 3.93. The maximum Gasteiger partial charge on any atom is 0.326 e. The van der Waals surface area contributed by atoms with Gasteiger partial charge in [0, 0.05) is 18.6 Å². The maximum atomic E-state index is 11.8. The zero-order valence-electron chi connectivity index (χ0n) is 10.2. The van der Waals surface area contributed by atoms with Crippen molar-refractivity contribution in [2.75, 3.05) is 6.61 Å². The summed E-state index contributed by atoms with van der Waals surface area (Å²) in [5.74, 6) is -1.60. The van der Waals surface area contributed by atoms with E-state index < -0.39 is 17.9 Å². The summed E-state index contributed by atoms with van der Waals surface area (Å²) in [6, 6.07) is 5.92. The number of carbonyl (C=O) groups excluding carboxylic acids is 1. The molecule has 5 heteroatoms. The van der Waals surface area contributed by atoms with E-state index in [1.165, 1.54) is 0 Å². The third-order valence-corrected chi connectivity index (χ3v) is 2.65. The average Bonchev–Trinajstić information content (AvgIpc) is 2.38. The molecule has 1 rings (SSSR count). The van der Waals surface area contributed by atoms with Gasteiger partial charge >= 0.3 is 5.97 Å². The molecule has 0 aromatic heterocycles. The number of hydrogen-bond acceptors (Lipinski definition) is 3. The molecule has 1 aromatic rings. The van der Waals surface area contributed by atoms with Crippen LogP contribution in [0.25, 0.3) is 0 Å². The maximum absolute atomic E-state index is 11.8. The van der Waals surface area contributed by atoms with E-state index in [9.17, 15) is 9.59 Å². The highest BCUT2D eigenvalue weighted by molar-refractivity contribution is 5.96. The fourth-order valence-electron chi connectivity index (χ4n) is 1.52. The highest BCUT2D eigenvalue weighted by Crippen LogP contribution is 2.05. The second kappa shape index (κ2) is 6.76. The lowest BCUT2D eigenvalue weighted by atomic mass is 10.1. The van der Waals surface area contributed by atoms with Crippen molar-refractivity contribution < 1.29 is 19.8 Å². The number of nitrogens with one attached hydrogen (secondary N) is 1. The molecule has 0 aliphatic heterocycles. The van der Waals surface area contributed by atoms with Crippen LogP contribution < -0.4 is 5.32 Å². The van der Waals surface area contributed by atoms with Gasteiger partial charge in [-0.3, -0.25) is 4.79 Å². The molecule has 0 saturated heterocycles. The van der Waals surface area contributed by atoms with Crippen LogP contribution in [0.3, 0.4) is 0 Å². The number of rotatable bonds is 6. The van der Waals surface area contributed by atoms with E-state index in [2.05, 4.69) is 5.32 Å². The largest absolute Gasteiger partial charge is 0.480 e.